The van der Waals surface area contributed by atoms with Gasteiger partial charge in [-0.1, -0.05) is 11.6 Å². The Bertz CT molecular complexity index is 757. The molecule has 23 heavy (non-hydrogen) atoms. The lowest BCUT2D eigenvalue weighted by Crippen LogP contribution is -2.33. The molecule has 6 nitrogen and oxygen atoms in total. The van der Waals surface area contributed by atoms with E-state index in [0.29, 0.717) is 12.5 Å². The number of sulfone groups is 1. The van der Waals surface area contributed by atoms with Crippen molar-refractivity contribution in [1.82, 2.24) is 10.0 Å². The zero-order chi connectivity index (χ0) is 17.1. The topological polar surface area (TPSA) is 92.3 Å². The Morgan fingerprint density at radius 2 is 2.04 bits per heavy atom. The van der Waals surface area contributed by atoms with Crippen LogP contribution in [0.1, 0.15) is 19.3 Å². The van der Waals surface area contributed by atoms with Gasteiger partial charge >= 0.3 is 0 Å². The van der Waals surface area contributed by atoms with Crippen LogP contribution < -0.4 is 10.0 Å². The number of halogens is 1. The maximum Gasteiger partial charge on any atom is 0.242 e. The van der Waals surface area contributed by atoms with Crippen LogP contribution in [0, 0.1) is 5.92 Å². The first-order valence-corrected chi connectivity index (χ1v) is 11.2. The van der Waals surface area contributed by atoms with Gasteiger partial charge in [0.05, 0.1) is 9.92 Å². The van der Waals surface area contributed by atoms with E-state index in [2.05, 4.69) is 10.0 Å². The minimum Gasteiger partial charge on any atom is -0.316 e. The summed E-state index contributed by atoms with van der Waals surface area (Å²) in [6.07, 6.45) is 3.93. The van der Waals surface area contributed by atoms with E-state index in [1.807, 2.05) is 0 Å². The van der Waals surface area contributed by atoms with Gasteiger partial charge in [0.1, 0.15) is 4.90 Å². The van der Waals surface area contributed by atoms with Crippen molar-refractivity contribution in [2.24, 2.45) is 5.92 Å². The van der Waals surface area contributed by atoms with Crippen LogP contribution in [0.15, 0.2) is 28.0 Å². The molecule has 1 aromatic rings. The van der Waals surface area contributed by atoms with Crippen LogP contribution in [0.2, 0.25) is 5.02 Å². The second-order valence-corrected chi connectivity index (χ2v) is 9.92. The Labute approximate surface area is 142 Å². The molecule has 1 heterocycles. The third-order valence-corrected chi connectivity index (χ3v) is 6.92. The van der Waals surface area contributed by atoms with Gasteiger partial charge in [0, 0.05) is 12.8 Å². The lowest BCUT2D eigenvalue weighted by Gasteiger charge is -2.22. The van der Waals surface area contributed by atoms with E-state index in [-0.39, 0.29) is 14.8 Å². The van der Waals surface area contributed by atoms with Crippen molar-refractivity contribution in [2.45, 2.75) is 29.1 Å². The molecule has 2 rings (SSSR count). The van der Waals surface area contributed by atoms with Gasteiger partial charge < -0.3 is 5.32 Å². The second kappa shape index (κ2) is 7.48. The van der Waals surface area contributed by atoms with E-state index in [0.717, 1.165) is 44.7 Å². The molecular formula is C14H21ClN2O4S2. The van der Waals surface area contributed by atoms with Crippen molar-refractivity contribution in [3.05, 3.63) is 23.2 Å². The number of hydrogen-bond acceptors (Lipinski definition) is 5. The highest BCUT2D eigenvalue weighted by atomic mass is 35.5. The molecule has 9 heteroatoms. The smallest absolute Gasteiger partial charge is 0.242 e. The van der Waals surface area contributed by atoms with Crippen LogP contribution in [0.5, 0.6) is 0 Å². The quantitative estimate of drug-likeness (QED) is 0.778. The summed E-state index contributed by atoms with van der Waals surface area (Å²) < 4.78 is 50.4. The monoisotopic (exact) mass is 380 g/mol. The molecule has 1 aliphatic heterocycles. The maximum atomic E-state index is 12.4. The van der Waals surface area contributed by atoms with Crippen LogP contribution in [0.4, 0.5) is 0 Å². The van der Waals surface area contributed by atoms with Crippen LogP contribution in [0.25, 0.3) is 0 Å². The number of nitrogens with one attached hydrogen (secondary N) is 2. The number of hydrogen-bond donors (Lipinski definition) is 2. The third kappa shape index (κ3) is 5.15. The average molecular weight is 381 g/mol. The lowest BCUT2D eigenvalue weighted by atomic mass is 9.96. The van der Waals surface area contributed by atoms with E-state index >= 15 is 0 Å². The van der Waals surface area contributed by atoms with Gasteiger partial charge in [-0.05, 0) is 56.5 Å². The van der Waals surface area contributed by atoms with Gasteiger partial charge in [-0.15, -0.1) is 0 Å². The van der Waals surface area contributed by atoms with E-state index in [4.69, 9.17) is 11.6 Å². The van der Waals surface area contributed by atoms with Crippen LogP contribution in [-0.4, -0.2) is 42.7 Å². The largest absolute Gasteiger partial charge is 0.316 e. The Hall–Kier alpha value is -0.670. The minimum atomic E-state index is -3.84. The second-order valence-electron chi connectivity index (χ2n) is 5.76. The maximum absolute atomic E-state index is 12.4. The molecule has 1 fully saturated rings. The Morgan fingerprint density at radius 3 is 2.65 bits per heavy atom. The number of rotatable bonds is 6. The predicted molar refractivity (Wildman–Crippen MR) is 90.0 cm³/mol. The summed E-state index contributed by atoms with van der Waals surface area (Å²) in [7, 11) is -7.34. The summed E-state index contributed by atoms with van der Waals surface area (Å²) in [5.41, 5.74) is 0. The predicted octanol–water partition coefficient (Wildman–Crippen LogP) is 1.41. The zero-order valence-corrected chi connectivity index (χ0v) is 15.3. The molecule has 2 N–H and O–H groups in total. The van der Waals surface area contributed by atoms with Gasteiger partial charge in [0.2, 0.25) is 10.0 Å². The van der Waals surface area contributed by atoms with Gasteiger partial charge in [-0.25, -0.2) is 21.6 Å². The fraction of sp³-hybridized carbons (Fsp3) is 0.571. The van der Waals surface area contributed by atoms with Crippen LogP contribution in [-0.2, 0) is 19.9 Å². The van der Waals surface area contributed by atoms with Crippen LogP contribution in [0.3, 0.4) is 0 Å². The van der Waals surface area contributed by atoms with Crippen molar-refractivity contribution in [1.29, 1.82) is 0 Å². The summed E-state index contributed by atoms with van der Waals surface area (Å²) in [6.45, 7) is 2.20. The first kappa shape index (κ1) is 18.7. The fourth-order valence-electron chi connectivity index (χ4n) is 2.57. The van der Waals surface area contributed by atoms with Crippen molar-refractivity contribution < 1.29 is 16.8 Å². The normalized spacial score (nSPS) is 19.7. The molecule has 0 spiro atoms. The van der Waals surface area contributed by atoms with Crippen LogP contribution >= 0.6 is 11.6 Å². The third-order valence-electron chi connectivity index (χ3n) is 3.86. The molecule has 0 saturated carbocycles. The standard InChI is InChI=1S/C14H21ClN2O4S2/c1-22(18,19)12-4-5-13(15)14(9-12)23(20,21)17-8-6-11-3-2-7-16-10-11/h4-5,9,11,16-17H,2-3,6-8,10H2,1H3/t11-/m0/s1. The van der Waals surface area contributed by atoms with E-state index < -0.39 is 19.9 Å². The summed E-state index contributed by atoms with van der Waals surface area (Å²) in [5, 5.41) is 3.29. The first-order chi connectivity index (χ1) is 10.7. The molecule has 0 bridgehead atoms. The van der Waals surface area contributed by atoms with Gasteiger partial charge in [0.15, 0.2) is 9.84 Å². The number of piperidine rings is 1. The van der Waals surface area contributed by atoms with E-state index in [9.17, 15) is 16.8 Å². The summed E-state index contributed by atoms with van der Waals surface area (Å²) >= 11 is 5.93. The van der Waals surface area contributed by atoms with Gasteiger partial charge in [0.25, 0.3) is 0 Å². The molecule has 1 atom stereocenters. The fourth-order valence-corrected chi connectivity index (χ4v) is 4.86. The van der Waals surface area contributed by atoms with Gasteiger partial charge in [-0.2, -0.15) is 0 Å². The Balaban J connectivity index is 2.09. The lowest BCUT2D eigenvalue weighted by molar-refractivity contribution is 0.358. The van der Waals surface area contributed by atoms with Crippen molar-refractivity contribution in [3.8, 4) is 0 Å². The highest BCUT2D eigenvalue weighted by molar-refractivity contribution is 7.91. The number of benzene rings is 1. The number of sulfonamides is 1. The van der Waals surface area contributed by atoms with Crippen molar-refractivity contribution >= 4 is 31.5 Å². The Kier molecular flexibility index (Phi) is 6.07. The molecule has 1 saturated heterocycles. The summed E-state index contributed by atoms with van der Waals surface area (Å²) in [4.78, 5) is -0.275. The first-order valence-electron chi connectivity index (χ1n) is 7.40. The highest BCUT2D eigenvalue weighted by Crippen LogP contribution is 2.25. The zero-order valence-electron chi connectivity index (χ0n) is 12.9. The van der Waals surface area contributed by atoms with E-state index in [1.165, 1.54) is 12.1 Å². The molecule has 0 radical (unpaired) electrons. The molecule has 0 aliphatic carbocycles. The summed E-state index contributed by atoms with van der Waals surface area (Å²) in [5.74, 6) is 0.448. The molecule has 130 valence electrons. The molecule has 1 aromatic carbocycles. The minimum absolute atomic E-state index is 0.00392. The average Bonchev–Trinajstić information content (AvgIpc) is 2.47. The molecule has 0 amide bonds. The van der Waals surface area contributed by atoms with Crippen molar-refractivity contribution in [3.63, 3.8) is 0 Å². The van der Waals surface area contributed by atoms with Gasteiger partial charge in [-0.3, -0.25) is 0 Å². The molecule has 0 aromatic heterocycles. The van der Waals surface area contributed by atoms with E-state index in [1.54, 1.807) is 0 Å². The highest BCUT2D eigenvalue weighted by Gasteiger charge is 2.21. The van der Waals surface area contributed by atoms with Crippen molar-refractivity contribution in [2.75, 3.05) is 25.9 Å². The molecular weight excluding hydrogens is 360 g/mol. The SMILES string of the molecule is CS(=O)(=O)c1ccc(Cl)c(S(=O)(=O)NCC[C@@H]2CCCNC2)c1. The Morgan fingerprint density at radius 1 is 1.30 bits per heavy atom. The molecule has 0 unspecified atom stereocenters. The molecule has 1 aliphatic rings. The summed E-state index contributed by atoms with van der Waals surface area (Å²) in [6, 6.07) is 3.68.